The van der Waals surface area contributed by atoms with Crippen LogP contribution in [0.15, 0.2) is 24.3 Å². The van der Waals surface area contributed by atoms with Crippen LogP contribution in [0.3, 0.4) is 0 Å². The lowest BCUT2D eigenvalue weighted by molar-refractivity contribution is -0.170. The average Bonchev–Trinajstić information content (AvgIpc) is 3.10. The third-order valence-electron chi connectivity index (χ3n) is 4.50. The Morgan fingerprint density at radius 1 is 1.36 bits per heavy atom. The maximum absolute atomic E-state index is 13.8. The van der Waals surface area contributed by atoms with Crippen molar-refractivity contribution in [3.63, 3.8) is 0 Å². The van der Waals surface area contributed by atoms with Gasteiger partial charge in [0.15, 0.2) is 0 Å². The molecule has 0 aliphatic carbocycles. The van der Waals surface area contributed by atoms with E-state index in [1.54, 1.807) is 20.2 Å². The first-order chi connectivity index (χ1) is 13.1. The number of likely N-dealkylation sites (tertiary alicyclic amines) is 1. The van der Waals surface area contributed by atoms with Gasteiger partial charge in [0.25, 0.3) is 11.6 Å². The minimum atomic E-state index is -4.61. The highest BCUT2D eigenvalue weighted by Gasteiger charge is 2.62. The summed E-state index contributed by atoms with van der Waals surface area (Å²) in [5.74, 6) is -3.28. The van der Waals surface area contributed by atoms with E-state index in [1.807, 2.05) is 0 Å². The summed E-state index contributed by atoms with van der Waals surface area (Å²) in [5, 5.41) is 2.31. The van der Waals surface area contributed by atoms with Gasteiger partial charge in [-0.3, -0.25) is 19.3 Å². The van der Waals surface area contributed by atoms with Gasteiger partial charge in [-0.1, -0.05) is 18.2 Å². The molecule has 2 unspecified atom stereocenters. The predicted molar refractivity (Wildman–Crippen MR) is 90.9 cm³/mol. The number of imide groups is 1. The van der Waals surface area contributed by atoms with Gasteiger partial charge in [0.1, 0.15) is 12.4 Å². The zero-order chi connectivity index (χ0) is 20.7. The number of halogens is 1. The zero-order valence-corrected chi connectivity index (χ0v) is 15.9. The number of hydrogen-bond donors (Lipinski definition) is 1. The minimum absolute atomic E-state index is 0.123. The summed E-state index contributed by atoms with van der Waals surface area (Å²) in [6.07, 6.45) is -0.252. The second-order valence-electron chi connectivity index (χ2n) is 6.56. The average molecular weight is 415 g/mol. The predicted octanol–water partition coefficient (Wildman–Crippen LogP) is -0.881. The number of rotatable bonds is 5. The molecule has 12 heteroatoms. The fraction of sp³-hybridized carbons (Fsp3) is 0.438. The number of likely N-dealkylation sites (N-methyl/N-ethyl adjacent to an activating group) is 1. The molecule has 3 amide bonds. The van der Waals surface area contributed by atoms with Crippen molar-refractivity contribution in [2.24, 2.45) is 0 Å². The van der Waals surface area contributed by atoms with E-state index < -0.39 is 52.3 Å². The van der Waals surface area contributed by atoms with Crippen LogP contribution >= 0.6 is 0 Å². The molecule has 0 spiro atoms. The number of carbonyl (C=O) groups is 3. The molecule has 0 radical (unpaired) electrons. The maximum Gasteiger partial charge on any atom is 0.402 e. The Morgan fingerprint density at radius 3 is 2.57 bits per heavy atom. The van der Waals surface area contributed by atoms with Crippen molar-refractivity contribution < 1.29 is 35.6 Å². The fourth-order valence-corrected chi connectivity index (χ4v) is 3.92. The summed E-state index contributed by atoms with van der Waals surface area (Å²) in [7, 11) is -1.48. The van der Waals surface area contributed by atoms with Crippen molar-refractivity contribution in [3.8, 4) is 0 Å². The molecular formula is C16H18FN3O7S. The van der Waals surface area contributed by atoms with Crippen molar-refractivity contribution >= 4 is 28.1 Å². The lowest BCUT2D eigenvalue weighted by Gasteiger charge is -2.32. The van der Waals surface area contributed by atoms with Crippen LogP contribution in [0.1, 0.15) is 12.0 Å². The molecule has 1 aromatic carbocycles. The third-order valence-corrected chi connectivity index (χ3v) is 5.38. The van der Waals surface area contributed by atoms with Crippen LogP contribution in [0.2, 0.25) is 0 Å². The van der Waals surface area contributed by atoms with Crippen LogP contribution in [0, 0.1) is 5.82 Å². The van der Waals surface area contributed by atoms with E-state index in [4.69, 9.17) is 4.18 Å². The molecule has 0 saturated carbocycles. The Morgan fingerprint density at radius 2 is 2.04 bits per heavy atom. The molecule has 2 fully saturated rings. The summed E-state index contributed by atoms with van der Waals surface area (Å²) in [5.41, 5.74) is -2.40. The molecule has 1 N–H and O–H groups in total. The molecule has 28 heavy (non-hydrogen) atoms. The topological polar surface area (TPSA) is 122 Å². The molecule has 0 aromatic heterocycles. The molecule has 1 aromatic rings. The Labute approximate surface area is 160 Å². The van der Waals surface area contributed by atoms with E-state index in [1.165, 1.54) is 23.1 Å². The van der Waals surface area contributed by atoms with Gasteiger partial charge in [0.05, 0.1) is 12.5 Å². The van der Waals surface area contributed by atoms with E-state index in [9.17, 15) is 27.2 Å². The lowest BCUT2D eigenvalue weighted by Crippen LogP contribution is -2.63. The second kappa shape index (κ2) is 7.20. The van der Waals surface area contributed by atoms with Gasteiger partial charge in [-0.15, -0.1) is 0 Å². The van der Waals surface area contributed by atoms with Crippen LogP contribution in [0.4, 0.5) is 4.39 Å². The van der Waals surface area contributed by atoms with Gasteiger partial charge >= 0.3 is 10.4 Å². The van der Waals surface area contributed by atoms with E-state index in [0.29, 0.717) is 4.90 Å². The molecule has 2 aliphatic heterocycles. The van der Waals surface area contributed by atoms with Crippen molar-refractivity contribution in [2.45, 2.75) is 24.7 Å². The first-order valence-corrected chi connectivity index (χ1v) is 9.56. The Hall–Kier alpha value is -2.41. The highest BCUT2D eigenvalue weighted by atomic mass is 32.3. The fourth-order valence-electron chi connectivity index (χ4n) is 3.03. The van der Waals surface area contributed by atoms with Crippen LogP contribution in [0.5, 0.6) is 0 Å². The van der Waals surface area contributed by atoms with E-state index in [-0.39, 0.29) is 18.5 Å². The largest absolute Gasteiger partial charge is 0.402 e. The molecular weight excluding hydrogens is 397 g/mol. The molecule has 2 heterocycles. The minimum Gasteiger partial charge on any atom is -0.348 e. The van der Waals surface area contributed by atoms with Gasteiger partial charge in [-0.25, -0.2) is 17.7 Å². The SMILES string of the molecule is CN(C)C1CC(=O)N(C2(C(=O)NCc3ccccc3F)COS(=O)(=O)O2)C1=O. The van der Waals surface area contributed by atoms with E-state index >= 15 is 0 Å². The number of benzene rings is 1. The number of amides is 3. The van der Waals surface area contributed by atoms with Gasteiger partial charge in [-0.05, 0) is 20.2 Å². The maximum atomic E-state index is 13.8. The van der Waals surface area contributed by atoms with Crippen molar-refractivity contribution in [1.82, 2.24) is 15.1 Å². The third kappa shape index (κ3) is 3.51. The quantitative estimate of drug-likeness (QED) is 0.615. The van der Waals surface area contributed by atoms with Crippen LogP contribution in [-0.4, -0.2) is 68.4 Å². The Bertz CT molecular complexity index is 936. The first-order valence-electron chi connectivity index (χ1n) is 8.22. The number of nitrogens with zero attached hydrogens (tertiary/aromatic N) is 2. The Kier molecular flexibility index (Phi) is 5.23. The smallest absolute Gasteiger partial charge is 0.348 e. The summed E-state index contributed by atoms with van der Waals surface area (Å²) < 4.78 is 46.5. The number of hydrogen-bond acceptors (Lipinski definition) is 8. The standard InChI is InChI=1S/C16H18FN3O7S/c1-19(2)12-7-13(21)20(14(12)22)16(9-26-28(24,25)27-16)15(23)18-8-10-5-3-4-6-11(10)17/h3-6,12H,7-9H2,1-2H3,(H,18,23). The molecule has 10 nitrogen and oxygen atoms in total. The molecule has 2 atom stereocenters. The zero-order valence-electron chi connectivity index (χ0n) is 15.0. The molecule has 2 aliphatic rings. The summed E-state index contributed by atoms with van der Waals surface area (Å²) in [4.78, 5) is 39.9. The first kappa shape index (κ1) is 20.3. The van der Waals surface area contributed by atoms with Gasteiger partial charge in [0, 0.05) is 12.1 Å². The van der Waals surface area contributed by atoms with Crippen LogP contribution in [-0.2, 0) is 39.7 Å². The Balaban J connectivity index is 1.91. The van der Waals surface area contributed by atoms with Gasteiger partial charge in [-0.2, -0.15) is 8.42 Å². The van der Waals surface area contributed by atoms with Crippen molar-refractivity contribution in [1.29, 1.82) is 0 Å². The number of nitrogens with one attached hydrogen (secondary N) is 1. The van der Waals surface area contributed by atoms with Crippen LogP contribution in [0.25, 0.3) is 0 Å². The molecule has 152 valence electrons. The number of carbonyl (C=O) groups excluding carboxylic acids is 3. The summed E-state index contributed by atoms with van der Waals surface area (Å²) in [6.45, 7) is -1.21. The summed E-state index contributed by atoms with van der Waals surface area (Å²) in [6, 6.07) is 4.74. The van der Waals surface area contributed by atoms with Gasteiger partial charge < -0.3 is 5.32 Å². The van der Waals surface area contributed by atoms with E-state index in [0.717, 1.165) is 0 Å². The van der Waals surface area contributed by atoms with Gasteiger partial charge in [0.2, 0.25) is 11.8 Å². The molecule has 0 bridgehead atoms. The van der Waals surface area contributed by atoms with Crippen molar-refractivity contribution in [2.75, 3.05) is 20.7 Å². The monoisotopic (exact) mass is 415 g/mol. The normalized spacial score (nSPS) is 26.9. The summed E-state index contributed by atoms with van der Waals surface area (Å²) >= 11 is 0. The van der Waals surface area contributed by atoms with E-state index in [2.05, 4.69) is 9.50 Å². The highest BCUT2D eigenvalue weighted by Crippen LogP contribution is 2.34. The van der Waals surface area contributed by atoms with Crippen LogP contribution < -0.4 is 5.32 Å². The second-order valence-corrected chi connectivity index (χ2v) is 7.78. The van der Waals surface area contributed by atoms with Crippen molar-refractivity contribution in [3.05, 3.63) is 35.6 Å². The molecule has 3 rings (SSSR count). The lowest BCUT2D eigenvalue weighted by atomic mass is 10.1. The molecule has 2 saturated heterocycles. The highest BCUT2D eigenvalue weighted by molar-refractivity contribution is 7.82.